The van der Waals surface area contributed by atoms with Crippen LogP contribution in [0.3, 0.4) is 0 Å². The monoisotopic (exact) mass is 153 g/mol. The Morgan fingerprint density at radius 1 is 1.45 bits per heavy atom. The summed E-state index contributed by atoms with van der Waals surface area (Å²) in [5.74, 6) is 1.61. The smallest absolute Gasteiger partial charge is 0.0278 e. The maximum atomic E-state index is 3.34. The lowest BCUT2D eigenvalue weighted by Crippen LogP contribution is -2.36. The van der Waals surface area contributed by atoms with E-state index in [2.05, 4.69) is 32.2 Å². The van der Waals surface area contributed by atoms with Gasteiger partial charge in [0.15, 0.2) is 0 Å². The highest BCUT2D eigenvalue weighted by molar-refractivity contribution is 5.11. The van der Waals surface area contributed by atoms with Gasteiger partial charge in [-0.1, -0.05) is 25.5 Å². The van der Waals surface area contributed by atoms with Crippen LogP contribution in [0.2, 0.25) is 0 Å². The maximum Gasteiger partial charge on any atom is 0.0278 e. The molecule has 3 unspecified atom stereocenters. The van der Waals surface area contributed by atoms with Gasteiger partial charge in [0.25, 0.3) is 0 Å². The average molecular weight is 153 g/mol. The Bertz CT molecular complexity index is 160. The minimum absolute atomic E-state index is 0.596. The molecule has 0 aromatic carbocycles. The first-order valence-corrected chi connectivity index (χ1v) is 4.49. The van der Waals surface area contributed by atoms with Gasteiger partial charge in [-0.3, -0.25) is 0 Å². The summed E-state index contributed by atoms with van der Waals surface area (Å²) in [7, 11) is 2.04. The van der Waals surface area contributed by atoms with Crippen LogP contribution >= 0.6 is 0 Å². The van der Waals surface area contributed by atoms with Crippen molar-refractivity contribution in [3.05, 3.63) is 11.6 Å². The molecular weight excluding hydrogens is 134 g/mol. The van der Waals surface area contributed by atoms with Gasteiger partial charge in [-0.05, 0) is 32.2 Å². The first-order valence-electron chi connectivity index (χ1n) is 4.49. The summed E-state index contributed by atoms with van der Waals surface area (Å²) in [5, 5.41) is 3.34. The van der Waals surface area contributed by atoms with Crippen LogP contribution in [0.4, 0.5) is 0 Å². The van der Waals surface area contributed by atoms with Crippen molar-refractivity contribution < 1.29 is 0 Å². The molecule has 0 saturated carbocycles. The molecule has 0 aromatic rings. The van der Waals surface area contributed by atoms with E-state index < -0.39 is 0 Å². The normalized spacial score (nSPS) is 38.5. The molecule has 64 valence electrons. The van der Waals surface area contributed by atoms with Crippen LogP contribution in [0.15, 0.2) is 11.6 Å². The lowest BCUT2D eigenvalue weighted by molar-refractivity contribution is 0.309. The van der Waals surface area contributed by atoms with Gasteiger partial charge in [-0.25, -0.2) is 0 Å². The van der Waals surface area contributed by atoms with Gasteiger partial charge in [0.2, 0.25) is 0 Å². The molecule has 0 fully saturated rings. The molecule has 0 amide bonds. The van der Waals surface area contributed by atoms with E-state index in [0.29, 0.717) is 6.04 Å². The number of rotatable bonds is 1. The molecule has 11 heavy (non-hydrogen) atoms. The highest BCUT2D eigenvalue weighted by Gasteiger charge is 2.23. The van der Waals surface area contributed by atoms with Crippen molar-refractivity contribution in [3.8, 4) is 0 Å². The molecule has 1 N–H and O–H groups in total. The van der Waals surface area contributed by atoms with Crippen LogP contribution in [0.25, 0.3) is 0 Å². The van der Waals surface area contributed by atoms with Crippen molar-refractivity contribution in [2.24, 2.45) is 11.8 Å². The van der Waals surface area contributed by atoms with E-state index in [9.17, 15) is 0 Å². The van der Waals surface area contributed by atoms with Crippen molar-refractivity contribution in [2.75, 3.05) is 7.05 Å². The van der Waals surface area contributed by atoms with Gasteiger partial charge in [-0.2, -0.15) is 0 Å². The Labute approximate surface area is 69.9 Å². The van der Waals surface area contributed by atoms with Crippen LogP contribution in [-0.4, -0.2) is 13.1 Å². The molecular formula is C10H19N. The average Bonchev–Trinajstić information content (AvgIpc) is 1.96. The molecule has 0 radical (unpaired) electrons. The van der Waals surface area contributed by atoms with Crippen LogP contribution in [0.1, 0.15) is 27.2 Å². The Morgan fingerprint density at radius 3 is 2.64 bits per heavy atom. The van der Waals surface area contributed by atoms with E-state index in [1.54, 1.807) is 0 Å². The van der Waals surface area contributed by atoms with Crippen molar-refractivity contribution in [3.63, 3.8) is 0 Å². The van der Waals surface area contributed by atoms with Gasteiger partial charge in [0.1, 0.15) is 0 Å². The first kappa shape index (κ1) is 8.79. The van der Waals surface area contributed by atoms with Crippen LogP contribution < -0.4 is 5.32 Å². The summed E-state index contributed by atoms with van der Waals surface area (Å²) in [6.07, 6.45) is 3.64. The molecule has 0 aromatic heterocycles. The number of nitrogens with one attached hydrogen (secondary N) is 1. The van der Waals surface area contributed by atoms with Gasteiger partial charge in [-0.15, -0.1) is 0 Å². The predicted octanol–water partition coefficient (Wildman–Crippen LogP) is 2.20. The summed E-state index contributed by atoms with van der Waals surface area (Å²) in [4.78, 5) is 0. The lowest BCUT2D eigenvalue weighted by Gasteiger charge is -2.31. The number of allylic oxidation sites excluding steroid dienone is 1. The van der Waals surface area contributed by atoms with Crippen molar-refractivity contribution in [1.82, 2.24) is 5.32 Å². The summed E-state index contributed by atoms with van der Waals surface area (Å²) in [6, 6.07) is 0.596. The largest absolute Gasteiger partial charge is 0.313 e. The van der Waals surface area contributed by atoms with Crippen LogP contribution in [0, 0.1) is 11.8 Å². The van der Waals surface area contributed by atoms with Crippen molar-refractivity contribution in [2.45, 2.75) is 33.2 Å². The fourth-order valence-electron chi connectivity index (χ4n) is 1.92. The highest BCUT2D eigenvalue weighted by atomic mass is 14.9. The zero-order chi connectivity index (χ0) is 8.43. The second-order valence-electron chi connectivity index (χ2n) is 3.87. The molecule has 1 rings (SSSR count). The van der Waals surface area contributed by atoms with E-state index in [-0.39, 0.29) is 0 Å². The van der Waals surface area contributed by atoms with E-state index >= 15 is 0 Å². The second kappa shape index (κ2) is 3.40. The van der Waals surface area contributed by atoms with Gasteiger partial charge in [0.05, 0.1) is 0 Å². The molecule has 1 aliphatic carbocycles. The van der Waals surface area contributed by atoms with Gasteiger partial charge in [0, 0.05) is 6.04 Å². The zero-order valence-electron chi connectivity index (χ0n) is 8.02. The zero-order valence-corrected chi connectivity index (χ0v) is 8.02. The second-order valence-corrected chi connectivity index (χ2v) is 3.87. The topological polar surface area (TPSA) is 12.0 Å². The lowest BCUT2D eigenvalue weighted by atomic mass is 9.79. The van der Waals surface area contributed by atoms with Crippen LogP contribution in [-0.2, 0) is 0 Å². The molecule has 3 atom stereocenters. The van der Waals surface area contributed by atoms with Crippen LogP contribution in [0.5, 0.6) is 0 Å². The fraction of sp³-hybridized carbons (Fsp3) is 0.800. The van der Waals surface area contributed by atoms with E-state index in [1.165, 1.54) is 12.0 Å². The van der Waals surface area contributed by atoms with E-state index in [1.807, 2.05) is 7.05 Å². The summed E-state index contributed by atoms with van der Waals surface area (Å²) < 4.78 is 0. The van der Waals surface area contributed by atoms with Gasteiger partial charge < -0.3 is 5.32 Å². The molecule has 1 nitrogen and oxygen atoms in total. The maximum absolute atomic E-state index is 3.34. The molecule has 1 heteroatoms. The summed E-state index contributed by atoms with van der Waals surface area (Å²) in [6.45, 7) is 6.90. The minimum Gasteiger partial charge on any atom is -0.313 e. The van der Waals surface area contributed by atoms with Crippen molar-refractivity contribution >= 4 is 0 Å². The Hall–Kier alpha value is -0.300. The third-order valence-electron chi connectivity index (χ3n) is 2.91. The Kier molecular flexibility index (Phi) is 2.72. The van der Waals surface area contributed by atoms with Gasteiger partial charge >= 0.3 is 0 Å². The summed E-state index contributed by atoms with van der Waals surface area (Å²) in [5.41, 5.74) is 1.54. The molecule has 0 heterocycles. The van der Waals surface area contributed by atoms with E-state index in [4.69, 9.17) is 0 Å². The number of hydrogen-bond donors (Lipinski definition) is 1. The van der Waals surface area contributed by atoms with E-state index in [0.717, 1.165) is 11.8 Å². The third kappa shape index (κ3) is 1.84. The Balaban J connectivity index is 2.70. The molecule has 1 aliphatic rings. The molecule has 0 aliphatic heterocycles. The predicted molar refractivity (Wildman–Crippen MR) is 49.5 cm³/mol. The highest BCUT2D eigenvalue weighted by Crippen LogP contribution is 2.28. The molecule has 0 spiro atoms. The SMILES string of the molecule is CNC1C=C(C)CC(C)C1C. The minimum atomic E-state index is 0.596. The summed E-state index contributed by atoms with van der Waals surface area (Å²) >= 11 is 0. The molecule has 0 saturated heterocycles. The van der Waals surface area contributed by atoms with Crippen molar-refractivity contribution in [1.29, 1.82) is 0 Å². The number of hydrogen-bond acceptors (Lipinski definition) is 1. The quantitative estimate of drug-likeness (QED) is 0.569. The number of likely N-dealkylation sites (N-methyl/N-ethyl adjacent to an activating group) is 1. The standard InChI is InChI=1S/C10H19N/c1-7-5-8(2)9(3)10(6-7)11-4/h6,8-11H,5H2,1-4H3. The first-order chi connectivity index (χ1) is 5.15. The molecule has 0 bridgehead atoms. The fourth-order valence-corrected chi connectivity index (χ4v) is 1.92. The third-order valence-corrected chi connectivity index (χ3v) is 2.91. The Morgan fingerprint density at radius 2 is 2.09 bits per heavy atom.